The van der Waals surface area contributed by atoms with Crippen molar-refractivity contribution >= 4 is 11.3 Å². The number of aryl methyl sites for hydroxylation is 1. The summed E-state index contributed by atoms with van der Waals surface area (Å²) >= 11 is 1.85. The first-order valence-electron chi connectivity index (χ1n) is 5.19. The minimum absolute atomic E-state index is 0.284. The number of thiophene rings is 1. The standard InChI is InChI=1S/C12H21NS/c1-9(13-5)8-12(3,4)11-6-7-14-10(11)2/h6-7,9,13H,8H2,1-5H3. The summed E-state index contributed by atoms with van der Waals surface area (Å²) in [6.07, 6.45) is 1.18. The third kappa shape index (κ3) is 2.58. The highest BCUT2D eigenvalue weighted by Crippen LogP contribution is 2.33. The molecule has 1 N–H and O–H groups in total. The molecule has 80 valence electrons. The van der Waals surface area contributed by atoms with Crippen LogP contribution in [0, 0.1) is 6.92 Å². The fourth-order valence-electron chi connectivity index (χ4n) is 2.06. The van der Waals surface area contributed by atoms with E-state index in [9.17, 15) is 0 Å². The highest BCUT2D eigenvalue weighted by molar-refractivity contribution is 7.10. The number of rotatable bonds is 4. The van der Waals surface area contributed by atoms with Crippen LogP contribution in [0.15, 0.2) is 11.4 Å². The van der Waals surface area contributed by atoms with Gasteiger partial charge in [0.1, 0.15) is 0 Å². The second kappa shape index (κ2) is 4.45. The lowest BCUT2D eigenvalue weighted by Crippen LogP contribution is -2.30. The summed E-state index contributed by atoms with van der Waals surface area (Å²) in [4.78, 5) is 1.46. The SMILES string of the molecule is CNC(C)CC(C)(C)c1ccsc1C. The van der Waals surface area contributed by atoms with Gasteiger partial charge in [0, 0.05) is 10.9 Å². The van der Waals surface area contributed by atoms with Gasteiger partial charge in [-0.2, -0.15) is 0 Å². The molecule has 0 fully saturated rings. The largest absolute Gasteiger partial charge is 0.317 e. The third-order valence-corrected chi connectivity index (χ3v) is 3.74. The van der Waals surface area contributed by atoms with E-state index in [0.29, 0.717) is 6.04 Å². The number of hydrogen-bond acceptors (Lipinski definition) is 2. The molecule has 1 rings (SSSR count). The molecule has 0 amide bonds. The van der Waals surface area contributed by atoms with E-state index < -0.39 is 0 Å². The van der Waals surface area contributed by atoms with Crippen LogP contribution in [0.25, 0.3) is 0 Å². The van der Waals surface area contributed by atoms with Crippen molar-refractivity contribution in [1.29, 1.82) is 0 Å². The highest BCUT2D eigenvalue weighted by atomic mass is 32.1. The summed E-state index contributed by atoms with van der Waals surface area (Å²) in [6, 6.07) is 2.84. The van der Waals surface area contributed by atoms with Gasteiger partial charge in [-0.3, -0.25) is 0 Å². The minimum atomic E-state index is 0.284. The van der Waals surface area contributed by atoms with Crippen molar-refractivity contribution in [2.45, 2.75) is 45.6 Å². The van der Waals surface area contributed by atoms with E-state index in [1.54, 1.807) is 0 Å². The van der Waals surface area contributed by atoms with E-state index >= 15 is 0 Å². The first kappa shape index (κ1) is 11.7. The molecule has 14 heavy (non-hydrogen) atoms. The fraction of sp³-hybridized carbons (Fsp3) is 0.667. The van der Waals surface area contributed by atoms with Crippen molar-refractivity contribution < 1.29 is 0 Å². The summed E-state index contributed by atoms with van der Waals surface area (Å²) in [5, 5.41) is 5.50. The highest BCUT2D eigenvalue weighted by Gasteiger charge is 2.24. The molecule has 1 aromatic rings. The molecule has 0 aliphatic heterocycles. The van der Waals surface area contributed by atoms with Crippen LogP contribution < -0.4 is 5.32 Å². The molecule has 0 bridgehead atoms. The van der Waals surface area contributed by atoms with E-state index in [0.717, 1.165) is 0 Å². The molecule has 1 aromatic heterocycles. The Morgan fingerprint density at radius 2 is 2.14 bits per heavy atom. The van der Waals surface area contributed by atoms with Gasteiger partial charge in [-0.05, 0) is 49.7 Å². The second-order valence-corrected chi connectivity index (χ2v) is 5.79. The summed E-state index contributed by atoms with van der Waals surface area (Å²) in [5.74, 6) is 0. The molecule has 0 aliphatic carbocycles. The predicted octanol–water partition coefficient (Wildman–Crippen LogP) is 3.33. The maximum Gasteiger partial charge on any atom is 0.00516 e. The van der Waals surface area contributed by atoms with Gasteiger partial charge in [0.2, 0.25) is 0 Å². The lowest BCUT2D eigenvalue weighted by atomic mass is 9.79. The molecule has 2 heteroatoms. The predicted molar refractivity (Wildman–Crippen MR) is 65.2 cm³/mol. The van der Waals surface area contributed by atoms with Crippen molar-refractivity contribution in [3.63, 3.8) is 0 Å². The summed E-state index contributed by atoms with van der Waals surface area (Å²) < 4.78 is 0. The number of hydrogen-bond donors (Lipinski definition) is 1. The molecule has 0 spiro atoms. The van der Waals surface area contributed by atoms with Crippen LogP contribution in [0.4, 0.5) is 0 Å². The quantitative estimate of drug-likeness (QED) is 0.805. The first-order valence-corrected chi connectivity index (χ1v) is 6.07. The van der Waals surface area contributed by atoms with Crippen molar-refractivity contribution in [1.82, 2.24) is 5.32 Å². The Hall–Kier alpha value is -0.340. The van der Waals surface area contributed by atoms with Gasteiger partial charge in [-0.15, -0.1) is 11.3 Å². The Kier molecular flexibility index (Phi) is 3.73. The van der Waals surface area contributed by atoms with Crippen LogP contribution in [0.3, 0.4) is 0 Å². The Morgan fingerprint density at radius 3 is 2.57 bits per heavy atom. The monoisotopic (exact) mass is 211 g/mol. The summed E-state index contributed by atoms with van der Waals surface area (Å²) in [5.41, 5.74) is 1.79. The number of nitrogens with one attached hydrogen (secondary N) is 1. The topological polar surface area (TPSA) is 12.0 Å². The maximum absolute atomic E-state index is 3.31. The second-order valence-electron chi connectivity index (χ2n) is 4.67. The zero-order valence-electron chi connectivity index (χ0n) is 9.85. The molecular weight excluding hydrogens is 190 g/mol. The van der Waals surface area contributed by atoms with Gasteiger partial charge < -0.3 is 5.32 Å². The van der Waals surface area contributed by atoms with Crippen LogP contribution in [0.2, 0.25) is 0 Å². The molecular formula is C12H21NS. The average molecular weight is 211 g/mol. The van der Waals surface area contributed by atoms with Gasteiger partial charge in [0.05, 0.1) is 0 Å². The van der Waals surface area contributed by atoms with Crippen LogP contribution >= 0.6 is 11.3 Å². The van der Waals surface area contributed by atoms with E-state index in [-0.39, 0.29) is 5.41 Å². The normalized spacial score (nSPS) is 14.4. The zero-order valence-corrected chi connectivity index (χ0v) is 10.7. The molecule has 1 atom stereocenters. The summed E-state index contributed by atoms with van der Waals surface area (Å²) in [7, 11) is 2.03. The van der Waals surface area contributed by atoms with Gasteiger partial charge in [0.25, 0.3) is 0 Å². The fourth-order valence-corrected chi connectivity index (χ4v) is 2.94. The maximum atomic E-state index is 3.31. The van der Waals surface area contributed by atoms with Gasteiger partial charge >= 0.3 is 0 Å². The van der Waals surface area contributed by atoms with E-state index in [1.165, 1.54) is 16.9 Å². The Balaban J connectivity index is 2.80. The smallest absolute Gasteiger partial charge is 0.00516 e. The zero-order chi connectivity index (χ0) is 10.8. The molecule has 1 nitrogen and oxygen atoms in total. The first-order chi connectivity index (χ1) is 6.47. The van der Waals surface area contributed by atoms with Crippen LogP contribution in [0.1, 0.15) is 37.6 Å². The van der Waals surface area contributed by atoms with Gasteiger partial charge in [0.15, 0.2) is 0 Å². The van der Waals surface area contributed by atoms with Crippen molar-refractivity contribution in [2.24, 2.45) is 0 Å². The van der Waals surface area contributed by atoms with Crippen molar-refractivity contribution in [3.05, 3.63) is 21.9 Å². The van der Waals surface area contributed by atoms with Gasteiger partial charge in [-0.25, -0.2) is 0 Å². The molecule has 0 aliphatic rings. The van der Waals surface area contributed by atoms with E-state index in [4.69, 9.17) is 0 Å². The van der Waals surface area contributed by atoms with Gasteiger partial charge in [-0.1, -0.05) is 13.8 Å². The van der Waals surface area contributed by atoms with Crippen molar-refractivity contribution in [3.8, 4) is 0 Å². The molecule has 0 aromatic carbocycles. The average Bonchev–Trinajstić information content (AvgIpc) is 2.51. The van der Waals surface area contributed by atoms with Crippen LogP contribution in [-0.2, 0) is 5.41 Å². The van der Waals surface area contributed by atoms with E-state index in [1.807, 2.05) is 18.4 Å². The van der Waals surface area contributed by atoms with Crippen LogP contribution in [0.5, 0.6) is 0 Å². The molecule has 0 radical (unpaired) electrons. The Bertz CT molecular complexity index is 288. The molecule has 1 heterocycles. The minimum Gasteiger partial charge on any atom is -0.317 e. The molecule has 1 unspecified atom stereocenters. The Morgan fingerprint density at radius 1 is 1.50 bits per heavy atom. The Labute approximate surface area is 91.5 Å². The summed E-state index contributed by atoms with van der Waals surface area (Å²) in [6.45, 7) is 9.11. The lowest BCUT2D eigenvalue weighted by molar-refractivity contribution is 0.405. The van der Waals surface area contributed by atoms with Crippen molar-refractivity contribution in [2.75, 3.05) is 7.05 Å². The van der Waals surface area contributed by atoms with E-state index in [2.05, 4.69) is 44.5 Å². The third-order valence-electron chi connectivity index (χ3n) is 2.90. The van der Waals surface area contributed by atoms with Crippen LogP contribution in [-0.4, -0.2) is 13.1 Å². The lowest BCUT2D eigenvalue weighted by Gasteiger charge is -2.28. The molecule has 0 saturated carbocycles. The molecule has 0 saturated heterocycles.